The molecule has 0 unspecified atom stereocenters. The van der Waals surface area contributed by atoms with Gasteiger partial charge in [-0.15, -0.1) is 0 Å². The van der Waals surface area contributed by atoms with E-state index in [0.717, 1.165) is 5.33 Å². The first-order chi connectivity index (χ1) is 7.15. The number of nitrogen functional groups attached to an aromatic ring is 1. The average molecular weight is 269 g/mol. The number of alkyl halides is 1. The SMILES string of the molecule is Nc1ccc([N+](=O)[O-])c(C#CCCBr)c1. The monoisotopic (exact) mass is 268 g/mol. The Morgan fingerprint density at radius 2 is 2.27 bits per heavy atom. The minimum Gasteiger partial charge on any atom is -0.399 e. The number of hydrogen-bond acceptors (Lipinski definition) is 3. The van der Waals surface area contributed by atoms with Crippen LogP contribution in [0.15, 0.2) is 18.2 Å². The lowest BCUT2D eigenvalue weighted by molar-refractivity contribution is -0.385. The lowest BCUT2D eigenvalue weighted by Gasteiger charge is -1.96. The number of hydrogen-bond donors (Lipinski definition) is 1. The second-order valence-corrected chi connectivity index (χ2v) is 3.57. The summed E-state index contributed by atoms with van der Waals surface area (Å²) >= 11 is 3.22. The number of nitrogens with two attached hydrogens (primary N) is 1. The summed E-state index contributed by atoms with van der Waals surface area (Å²) in [5.41, 5.74) is 6.36. The molecule has 78 valence electrons. The number of halogens is 1. The summed E-state index contributed by atoms with van der Waals surface area (Å²) in [5.74, 6) is 5.55. The van der Waals surface area contributed by atoms with Gasteiger partial charge in [0.25, 0.3) is 5.69 Å². The molecular formula is C10H9BrN2O2. The van der Waals surface area contributed by atoms with E-state index in [2.05, 4.69) is 27.8 Å². The van der Waals surface area contributed by atoms with Crippen LogP contribution in [-0.2, 0) is 0 Å². The molecule has 0 aliphatic carbocycles. The summed E-state index contributed by atoms with van der Waals surface area (Å²) in [4.78, 5) is 10.2. The van der Waals surface area contributed by atoms with Gasteiger partial charge in [-0.1, -0.05) is 27.8 Å². The van der Waals surface area contributed by atoms with Gasteiger partial charge in [0.15, 0.2) is 0 Å². The maximum Gasteiger partial charge on any atom is 0.285 e. The quantitative estimate of drug-likeness (QED) is 0.294. The van der Waals surface area contributed by atoms with Gasteiger partial charge in [0.1, 0.15) is 5.56 Å². The van der Waals surface area contributed by atoms with Crippen LogP contribution in [0, 0.1) is 22.0 Å². The van der Waals surface area contributed by atoms with Crippen molar-refractivity contribution >= 4 is 27.3 Å². The summed E-state index contributed by atoms with van der Waals surface area (Å²) in [6, 6.07) is 4.38. The van der Waals surface area contributed by atoms with Gasteiger partial charge in [0.05, 0.1) is 4.92 Å². The van der Waals surface area contributed by atoms with Gasteiger partial charge in [-0.2, -0.15) is 0 Å². The molecular weight excluding hydrogens is 260 g/mol. The van der Waals surface area contributed by atoms with Gasteiger partial charge >= 0.3 is 0 Å². The van der Waals surface area contributed by atoms with Gasteiger partial charge in [-0.05, 0) is 12.1 Å². The van der Waals surface area contributed by atoms with E-state index in [1.165, 1.54) is 18.2 Å². The normalized spacial score (nSPS) is 9.13. The molecule has 2 N–H and O–H groups in total. The van der Waals surface area contributed by atoms with Crippen molar-refractivity contribution < 1.29 is 4.92 Å². The molecule has 0 saturated carbocycles. The Hall–Kier alpha value is -1.54. The van der Waals surface area contributed by atoms with E-state index in [0.29, 0.717) is 17.7 Å². The smallest absolute Gasteiger partial charge is 0.285 e. The first-order valence-corrected chi connectivity index (χ1v) is 5.36. The Morgan fingerprint density at radius 3 is 2.87 bits per heavy atom. The Bertz CT molecular complexity index is 435. The van der Waals surface area contributed by atoms with Crippen LogP contribution in [0.5, 0.6) is 0 Å². The first-order valence-electron chi connectivity index (χ1n) is 4.24. The van der Waals surface area contributed by atoms with Crippen molar-refractivity contribution in [1.29, 1.82) is 0 Å². The molecule has 0 aliphatic rings. The molecule has 1 aromatic rings. The van der Waals surface area contributed by atoms with Crippen molar-refractivity contribution in [2.75, 3.05) is 11.1 Å². The molecule has 0 amide bonds. The highest BCUT2D eigenvalue weighted by Gasteiger charge is 2.11. The predicted octanol–water partition coefficient (Wildman–Crippen LogP) is 2.31. The van der Waals surface area contributed by atoms with Crippen LogP contribution in [-0.4, -0.2) is 10.3 Å². The van der Waals surface area contributed by atoms with Crippen molar-refractivity contribution in [1.82, 2.24) is 0 Å². The largest absolute Gasteiger partial charge is 0.399 e. The van der Waals surface area contributed by atoms with Crippen LogP contribution >= 0.6 is 15.9 Å². The highest BCUT2D eigenvalue weighted by molar-refractivity contribution is 9.09. The number of nitro benzene ring substituents is 1. The fraction of sp³-hybridized carbons (Fsp3) is 0.200. The summed E-state index contributed by atoms with van der Waals surface area (Å²) in [7, 11) is 0. The van der Waals surface area contributed by atoms with Crippen molar-refractivity contribution in [3.8, 4) is 11.8 Å². The minimum absolute atomic E-state index is 0.00808. The maximum atomic E-state index is 10.7. The third kappa shape index (κ3) is 3.26. The predicted molar refractivity (Wildman–Crippen MR) is 62.8 cm³/mol. The molecule has 15 heavy (non-hydrogen) atoms. The lowest BCUT2D eigenvalue weighted by atomic mass is 10.1. The Labute approximate surface area is 95.8 Å². The van der Waals surface area contributed by atoms with Crippen LogP contribution < -0.4 is 5.73 Å². The van der Waals surface area contributed by atoms with E-state index in [-0.39, 0.29) is 5.69 Å². The molecule has 1 rings (SSSR count). The number of benzene rings is 1. The number of rotatable bonds is 2. The van der Waals surface area contributed by atoms with Crippen LogP contribution in [0.1, 0.15) is 12.0 Å². The molecule has 4 nitrogen and oxygen atoms in total. The molecule has 0 saturated heterocycles. The molecule has 1 aromatic carbocycles. The van der Waals surface area contributed by atoms with Crippen LogP contribution in [0.25, 0.3) is 0 Å². The van der Waals surface area contributed by atoms with Crippen molar-refractivity contribution in [2.24, 2.45) is 0 Å². The Morgan fingerprint density at radius 1 is 1.53 bits per heavy atom. The van der Waals surface area contributed by atoms with Crippen molar-refractivity contribution in [2.45, 2.75) is 6.42 Å². The van der Waals surface area contributed by atoms with Crippen molar-refractivity contribution in [3.05, 3.63) is 33.9 Å². The van der Waals surface area contributed by atoms with E-state index < -0.39 is 4.92 Å². The zero-order valence-electron chi connectivity index (χ0n) is 7.87. The van der Waals surface area contributed by atoms with Gasteiger partial charge < -0.3 is 5.73 Å². The number of nitro groups is 1. The number of anilines is 1. The Kier molecular flexibility index (Phi) is 4.13. The average Bonchev–Trinajstić information content (AvgIpc) is 2.18. The first kappa shape index (κ1) is 11.5. The third-order valence-corrected chi connectivity index (χ3v) is 2.06. The summed E-state index contributed by atoms with van der Waals surface area (Å²) in [5, 5.41) is 11.4. The summed E-state index contributed by atoms with van der Waals surface area (Å²) in [6.45, 7) is 0. The Balaban J connectivity index is 3.09. The van der Waals surface area contributed by atoms with Crippen LogP contribution in [0.4, 0.5) is 11.4 Å². The van der Waals surface area contributed by atoms with E-state index in [1.807, 2.05) is 0 Å². The third-order valence-electron chi connectivity index (χ3n) is 1.66. The molecule has 0 radical (unpaired) electrons. The topological polar surface area (TPSA) is 69.2 Å². The lowest BCUT2D eigenvalue weighted by Crippen LogP contribution is -1.94. The highest BCUT2D eigenvalue weighted by Crippen LogP contribution is 2.19. The molecule has 0 atom stereocenters. The van der Waals surface area contributed by atoms with Crippen LogP contribution in [0.2, 0.25) is 0 Å². The van der Waals surface area contributed by atoms with Gasteiger partial charge in [-0.3, -0.25) is 10.1 Å². The second-order valence-electron chi connectivity index (χ2n) is 2.77. The standard InChI is InChI=1S/C10H9BrN2O2/c11-6-2-1-3-8-7-9(12)4-5-10(8)13(14)15/h4-5,7H,2,6,12H2. The minimum atomic E-state index is -0.461. The summed E-state index contributed by atoms with van der Waals surface area (Å²) in [6.07, 6.45) is 0.645. The molecule has 0 aromatic heterocycles. The van der Waals surface area contributed by atoms with Crippen LogP contribution in [0.3, 0.4) is 0 Å². The van der Waals surface area contributed by atoms with E-state index in [9.17, 15) is 10.1 Å². The van der Waals surface area contributed by atoms with E-state index in [1.54, 1.807) is 0 Å². The zero-order valence-corrected chi connectivity index (χ0v) is 9.45. The molecule has 5 heteroatoms. The van der Waals surface area contributed by atoms with E-state index in [4.69, 9.17) is 5.73 Å². The maximum absolute atomic E-state index is 10.7. The summed E-state index contributed by atoms with van der Waals surface area (Å²) < 4.78 is 0. The van der Waals surface area contributed by atoms with Gasteiger partial charge in [0, 0.05) is 23.5 Å². The molecule has 0 spiro atoms. The van der Waals surface area contributed by atoms with Gasteiger partial charge in [0.2, 0.25) is 0 Å². The zero-order chi connectivity index (χ0) is 11.3. The molecule has 0 heterocycles. The van der Waals surface area contributed by atoms with Gasteiger partial charge in [-0.25, -0.2) is 0 Å². The molecule has 0 fully saturated rings. The van der Waals surface area contributed by atoms with E-state index >= 15 is 0 Å². The fourth-order valence-electron chi connectivity index (χ4n) is 1.02. The number of nitrogens with zero attached hydrogens (tertiary/aromatic N) is 1. The molecule has 0 aliphatic heterocycles. The highest BCUT2D eigenvalue weighted by atomic mass is 79.9. The molecule has 0 bridgehead atoms. The van der Waals surface area contributed by atoms with Crippen molar-refractivity contribution in [3.63, 3.8) is 0 Å². The fourth-order valence-corrected chi connectivity index (χ4v) is 1.22. The second kappa shape index (κ2) is 5.37.